The van der Waals surface area contributed by atoms with Crippen LogP contribution in [0.15, 0.2) is 12.1 Å². The lowest BCUT2D eigenvalue weighted by Gasteiger charge is -2.05. The summed E-state index contributed by atoms with van der Waals surface area (Å²) in [5.74, 6) is 0.787. The molecule has 2 aromatic rings. The minimum Gasteiger partial charge on any atom is -0.342 e. The second-order valence-corrected chi connectivity index (χ2v) is 4.04. The minimum atomic E-state index is 0.608. The van der Waals surface area contributed by atoms with Gasteiger partial charge in [-0.2, -0.15) is 0 Å². The number of H-pyrrole nitrogens is 1. The van der Waals surface area contributed by atoms with E-state index in [1.165, 1.54) is 0 Å². The number of hydrogen-bond acceptors (Lipinski definition) is 2. The van der Waals surface area contributed by atoms with Gasteiger partial charge >= 0.3 is 0 Å². The van der Waals surface area contributed by atoms with Gasteiger partial charge in [0, 0.05) is 5.39 Å². The summed E-state index contributed by atoms with van der Waals surface area (Å²) in [6, 6.07) is 3.81. The smallest absolute Gasteiger partial charge is 0.137 e. The Hall–Kier alpha value is -0.930. The van der Waals surface area contributed by atoms with Gasteiger partial charge in [0.25, 0.3) is 0 Å². The maximum Gasteiger partial charge on any atom is 0.137 e. The van der Waals surface area contributed by atoms with Gasteiger partial charge in [-0.05, 0) is 25.5 Å². The quantitative estimate of drug-likeness (QED) is 0.694. The highest BCUT2D eigenvalue weighted by molar-refractivity contribution is 7.71. The lowest BCUT2D eigenvalue weighted by Crippen LogP contribution is -1.92. The van der Waals surface area contributed by atoms with Crippen molar-refractivity contribution in [2.75, 3.05) is 0 Å². The van der Waals surface area contributed by atoms with Crippen molar-refractivity contribution in [2.45, 2.75) is 13.8 Å². The Balaban J connectivity index is 3.08. The van der Waals surface area contributed by atoms with Crippen LogP contribution in [0.3, 0.4) is 0 Å². The number of nitrogens with one attached hydrogen (secondary N) is 1. The summed E-state index contributed by atoms with van der Waals surface area (Å²) in [4.78, 5) is 7.33. The molecule has 0 amide bonds. The molecule has 0 saturated carbocycles. The van der Waals surface area contributed by atoms with Crippen molar-refractivity contribution < 1.29 is 0 Å². The largest absolute Gasteiger partial charge is 0.342 e. The third-order valence-electron chi connectivity index (χ3n) is 2.15. The predicted molar refractivity (Wildman–Crippen MR) is 61.4 cm³/mol. The second kappa shape index (κ2) is 3.33. The molecule has 14 heavy (non-hydrogen) atoms. The van der Waals surface area contributed by atoms with E-state index in [-0.39, 0.29) is 0 Å². The van der Waals surface area contributed by atoms with Crippen LogP contribution in [0.4, 0.5) is 0 Å². The third kappa shape index (κ3) is 1.42. The van der Waals surface area contributed by atoms with Crippen LogP contribution in [0.25, 0.3) is 10.9 Å². The summed E-state index contributed by atoms with van der Waals surface area (Å²) >= 11 is 11.3. The molecule has 1 heterocycles. The van der Waals surface area contributed by atoms with Crippen LogP contribution >= 0.6 is 23.8 Å². The number of rotatable bonds is 0. The fraction of sp³-hybridized carbons (Fsp3) is 0.200. The molecule has 0 aliphatic heterocycles. The maximum atomic E-state index is 6.07. The maximum absolute atomic E-state index is 6.07. The van der Waals surface area contributed by atoms with E-state index in [0.29, 0.717) is 9.66 Å². The molecule has 1 aromatic heterocycles. The summed E-state index contributed by atoms with van der Waals surface area (Å²) in [6.45, 7) is 3.87. The molecule has 1 N–H and O–H groups in total. The molecule has 0 saturated heterocycles. The zero-order chi connectivity index (χ0) is 10.3. The average molecular weight is 225 g/mol. The monoisotopic (exact) mass is 224 g/mol. The Morgan fingerprint density at radius 2 is 2.07 bits per heavy atom. The van der Waals surface area contributed by atoms with Gasteiger partial charge in [0.2, 0.25) is 0 Å². The van der Waals surface area contributed by atoms with Crippen LogP contribution in [0, 0.1) is 18.5 Å². The summed E-state index contributed by atoms with van der Waals surface area (Å²) < 4.78 is 0.608. The van der Waals surface area contributed by atoms with Crippen LogP contribution < -0.4 is 0 Å². The molecular weight excluding hydrogens is 216 g/mol. The van der Waals surface area contributed by atoms with Gasteiger partial charge in [0.05, 0.1) is 10.5 Å². The van der Waals surface area contributed by atoms with Gasteiger partial charge in [-0.1, -0.05) is 29.9 Å². The van der Waals surface area contributed by atoms with E-state index in [1.807, 2.05) is 26.0 Å². The topological polar surface area (TPSA) is 28.7 Å². The molecule has 4 heteroatoms. The number of aryl methyl sites for hydroxylation is 2. The van der Waals surface area contributed by atoms with Gasteiger partial charge in [0.1, 0.15) is 10.5 Å². The minimum absolute atomic E-state index is 0.608. The molecule has 1 aromatic carbocycles. The zero-order valence-corrected chi connectivity index (χ0v) is 9.46. The second-order valence-electron chi connectivity index (χ2n) is 3.24. The first-order valence-corrected chi connectivity index (χ1v) is 5.04. The average Bonchev–Trinajstić information content (AvgIpc) is 2.10. The Morgan fingerprint density at radius 1 is 1.36 bits per heavy atom. The van der Waals surface area contributed by atoms with Crippen LogP contribution in [-0.2, 0) is 0 Å². The fourth-order valence-corrected chi connectivity index (χ4v) is 2.10. The van der Waals surface area contributed by atoms with E-state index < -0.39 is 0 Å². The molecule has 0 atom stereocenters. The summed E-state index contributed by atoms with van der Waals surface area (Å²) in [5.41, 5.74) is 1.97. The van der Waals surface area contributed by atoms with Crippen molar-refractivity contribution in [2.24, 2.45) is 0 Å². The first kappa shape index (κ1) is 9.62. The van der Waals surface area contributed by atoms with E-state index in [1.54, 1.807) is 0 Å². The standard InChI is InChI=1S/C10H9ClN2S/c1-5-3-4-7(11)9-8(5)10(14)13-6(2)12-9/h3-4H,1-2H3,(H,12,13,14). The van der Waals surface area contributed by atoms with Crippen molar-refractivity contribution >= 4 is 34.7 Å². The van der Waals surface area contributed by atoms with Crippen LogP contribution in [0.2, 0.25) is 5.02 Å². The molecule has 0 radical (unpaired) electrons. The Kier molecular flexibility index (Phi) is 2.29. The fourth-order valence-electron chi connectivity index (χ4n) is 1.50. The molecule has 0 bridgehead atoms. The first-order valence-electron chi connectivity index (χ1n) is 4.25. The van der Waals surface area contributed by atoms with Crippen molar-refractivity contribution in [3.63, 3.8) is 0 Å². The summed E-state index contributed by atoms with van der Waals surface area (Å²) in [7, 11) is 0. The summed E-state index contributed by atoms with van der Waals surface area (Å²) in [6.07, 6.45) is 0. The van der Waals surface area contributed by atoms with Crippen LogP contribution in [0.5, 0.6) is 0 Å². The molecule has 2 nitrogen and oxygen atoms in total. The van der Waals surface area contributed by atoms with Crippen LogP contribution in [-0.4, -0.2) is 9.97 Å². The molecule has 0 aliphatic rings. The van der Waals surface area contributed by atoms with Gasteiger partial charge in [-0.25, -0.2) is 4.98 Å². The van der Waals surface area contributed by atoms with Crippen LogP contribution in [0.1, 0.15) is 11.4 Å². The highest BCUT2D eigenvalue weighted by atomic mass is 35.5. The van der Waals surface area contributed by atoms with Gasteiger partial charge in [-0.15, -0.1) is 0 Å². The molecule has 0 spiro atoms. The van der Waals surface area contributed by atoms with E-state index in [9.17, 15) is 0 Å². The molecule has 0 aliphatic carbocycles. The van der Waals surface area contributed by atoms with E-state index >= 15 is 0 Å². The van der Waals surface area contributed by atoms with Crippen molar-refractivity contribution in [3.05, 3.63) is 33.2 Å². The normalized spacial score (nSPS) is 10.8. The number of hydrogen-bond donors (Lipinski definition) is 1. The van der Waals surface area contributed by atoms with Crippen molar-refractivity contribution in [3.8, 4) is 0 Å². The number of benzene rings is 1. The van der Waals surface area contributed by atoms with Gasteiger partial charge < -0.3 is 4.98 Å². The number of aromatic nitrogens is 2. The Labute approximate surface area is 91.9 Å². The lowest BCUT2D eigenvalue weighted by molar-refractivity contribution is 1.08. The van der Waals surface area contributed by atoms with Crippen molar-refractivity contribution in [1.82, 2.24) is 9.97 Å². The van der Waals surface area contributed by atoms with Gasteiger partial charge in [0.15, 0.2) is 0 Å². The number of halogens is 1. The van der Waals surface area contributed by atoms with E-state index in [4.69, 9.17) is 23.8 Å². The molecule has 0 unspecified atom stereocenters. The van der Waals surface area contributed by atoms with E-state index in [2.05, 4.69) is 9.97 Å². The number of nitrogens with zero attached hydrogens (tertiary/aromatic N) is 1. The number of fused-ring (bicyclic) bond motifs is 1. The lowest BCUT2D eigenvalue weighted by atomic mass is 10.1. The SMILES string of the molecule is Cc1nc(=S)c2c(C)ccc(Cl)c2[nH]1. The highest BCUT2D eigenvalue weighted by Gasteiger charge is 2.05. The molecular formula is C10H9ClN2S. The zero-order valence-electron chi connectivity index (χ0n) is 7.89. The van der Waals surface area contributed by atoms with E-state index in [0.717, 1.165) is 22.3 Å². The summed E-state index contributed by atoms with van der Waals surface area (Å²) in [5, 5.41) is 1.63. The molecule has 2 rings (SSSR count). The highest BCUT2D eigenvalue weighted by Crippen LogP contribution is 2.24. The molecule has 0 fully saturated rings. The first-order chi connectivity index (χ1) is 6.59. The Morgan fingerprint density at radius 3 is 2.79 bits per heavy atom. The Bertz CT molecular complexity index is 560. The predicted octanol–water partition coefficient (Wildman–Crippen LogP) is 3.56. The number of aromatic amines is 1. The van der Waals surface area contributed by atoms with Crippen molar-refractivity contribution in [1.29, 1.82) is 0 Å². The third-order valence-corrected chi connectivity index (χ3v) is 2.76. The van der Waals surface area contributed by atoms with Gasteiger partial charge in [-0.3, -0.25) is 0 Å². The molecule has 72 valence electrons.